The lowest BCUT2D eigenvalue weighted by atomic mass is 10.0. The number of pyridine rings is 1. The van der Waals surface area contributed by atoms with Gasteiger partial charge in [0.25, 0.3) is 0 Å². The number of ether oxygens (including phenoxy) is 3. The molecule has 3 rings (SSSR count). The lowest BCUT2D eigenvalue weighted by Crippen LogP contribution is -2.38. The number of hydrogen-bond acceptors (Lipinski definition) is 8. The monoisotopic (exact) mass is 474 g/mol. The van der Waals surface area contributed by atoms with E-state index in [1.807, 2.05) is 18.2 Å². The van der Waals surface area contributed by atoms with Crippen molar-refractivity contribution >= 4 is 35.1 Å². The third kappa shape index (κ3) is 6.83. The van der Waals surface area contributed by atoms with Crippen LogP contribution in [0.5, 0.6) is 0 Å². The molecule has 178 valence electrons. The van der Waals surface area contributed by atoms with Gasteiger partial charge in [-0.25, -0.2) is 4.79 Å². The van der Waals surface area contributed by atoms with Crippen LogP contribution in [0.4, 0.5) is 9.80 Å². The molecule has 0 fully saturated rings. The highest BCUT2D eigenvalue weighted by molar-refractivity contribution is 7.16. The average molecular weight is 475 g/mol. The molecule has 1 unspecified atom stereocenters. The number of hydrogen-bond donors (Lipinski definition) is 1. The number of nitrogens with one attached hydrogen (secondary N) is 1. The fourth-order valence-electron chi connectivity index (χ4n) is 3.61. The number of carbonyl (C=O) groups excluding carboxylic acids is 2. The Bertz CT molecular complexity index is 950. The van der Waals surface area contributed by atoms with Gasteiger partial charge in [0, 0.05) is 49.5 Å². The topological polar surface area (TPSA) is 102 Å². The maximum absolute atomic E-state index is 12.6. The first-order chi connectivity index (χ1) is 16.0. The van der Waals surface area contributed by atoms with E-state index in [1.165, 1.54) is 11.3 Å². The molecule has 0 saturated carbocycles. The summed E-state index contributed by atoms with van der Waals surface area (Å²) < 4.78 is 15.7. The van der Waals surface area contributed by atoms with Crippen molar-refractivity contribution in [3.63, 3.8) is 0 Å². The highest BCUT2D eigenvalue weighted by Gasteiger charge is 2.28. The van der Waals surface area contributed by atoms with Crippen LogP contribution in [0.3, 0.4) is 0 Å². The number of anilines is 1. The summed E-state index contributed by atoms with van der Waals surface area (Å²) in [7, 11) is 3.12. The van der Waals surface area contributed by atoms with E-state index >= 15 is 0 Å². The molecule has 0 aliphatic carbocycles. The van der Waals surface area contributed by atoms with E-state index in [4.69, 9.17) is 14.2 Å². The van der Waals surface area contributed by atoms with Gasteiger partial charge < -0.3 is 24.4 Å². The highest BCUT2D eigenvalue weighted by atomic mass is 32.1. The number of methoxy groups -OCH3 is 2. The summed E-state index contributed by atoms with van der Waals surface area (Å²) in [6, 6.07) is 5.66. The van der Waals surface area contributed by atoms with Crippen molar-refractivity contribution in [3.05, 3.63) is 46.1 Å². The van der Waals surface area contributed by atoms with Gasteiger partial charge in [0.05, 0.1) is 19.7 Å². The van der Waals surface area contributed by atoms with Gasteiger partial charge in [-0.2, -0.15) is 0 Å². The van der Waals surface area contributed by atoms with Crippen LogP contribution in [0.25, 0.3) is 0 Å². The number of rotatable bonds is 11. The lowest BCUT2D eigenvalue weighted by Gasteiger charge is -2.27. The number of thiophene rings is 1. The molecule has 2 aromatic rings. The molecule has 2 aromatic heterocycles. The van der Waals surface area contributed by atoms with Crippen LogP contribution in [0.15, 0.2) is 29.4 Å². The zero-order chi connectivity index (χ0) is 23.6. The molecule has 0 spiro atoms. The Hall–Kier alpha value is -2.82. The molecule has 0 aromatic carbocycles. The van der Waals surface area contributed by atoms with Gasteiger partial charge in [0.1, 0.15) is 17.7 Å². The quantitative estimate of drug-likeness (QED) is 0.502. The summed E-state index contributed by atoms with van der Waals surface area (Å²) >= 11 is 1.48. The first-order valence-electron chi connectivity index (χ1n) is 10.7. The van der Waals surface area contributed by atoms with E-state index < -0.39 is 6.09 Å². The first kappa shape index (κ1) is 24.8. The lowest BCUT2D eigenvalue weighted by molar-refractivity contribution is -0.116. The summed E-state index contributed by atoms with van der Waals surface area (Å²) in [5, 5.41) is 3.80. The van der Waals surface area contributed by atoms with Crippen LogP contribution in [-0.4, -0.2) is 68.7 Å². The van der Waals surface area contributed by atoms with Crippen LogP contribution in [-0.2, 0) is 44.9 Å². The second kappa shape index (κ2) is 12.4. The Morgan fingerprint density at radius 3 is 2.88 bits per heavy atom. The van der Waals surface area contributed by atoms with Crippen LogP contribution in [0.1, 0.15) is 28.1 Å². The predicted octanol–water partition coefficient (Wildman–Crippen LogP) is 3.07. The SMILES string of the molecule is C=NCc1c(NC(=O)CCc2ccccn2)sc2c1CCN(C(=O)OCC(COC)OC)C2. The molecule has 2 amide bonds. The van der Waals surface area contributed by atoms with Crippen molar-refractivity contribution in [2.45, 2.75) is 38.5 Å². The molecule has 1 aliphatic rings. The van der Waals surface area contributed by atoms with Crippen molar-refractivity contribution in [1.82, 2.24) is 9.88 Å². The molecule has 9 nitrogen and oxygen atoms in total. The van der Waals surface area contributed by atoms with Crippen LogP contribution in [0.2, 0.25) is 0 Å². The number of nitrogens with zero attached hydrogens (tertiary/aromatic N) is 3. The summed E-state index contributed by atoms with van der Waals surface area (Å²) in [4.78, 5) is 36.1. The molecular weight excluding hydrogens is 444 g/mol. The molecular formula is C23H30N4O5S. The van der Waals surface area contributed by atoms with E-state index in [9.17, 15) is 9.59 Å². The Balaban J connectivity index is 1.62. The maximum Gasteiger partial charge on any atom is 0.410 e. The minimum atomic E-state index is -0.392. The zero-order valence-corrected chi connectivity index (χ0v) is 19.9. The average Bonchev–Trinajstić information content (AvgIpc) is 3.17. The van der Waals surface area contributed by atoms with E-state index in [1.54, 1.807) is 25.3 Å². The van der Waals surface area contributed by atoms with Gasteiger partial charge >= 0.3 is 6.09 Å². The standard InChI is InChI=1S/C23H30N4O5S/c1-24-12-19-18-9-11-27(23(29)32-15-17(31-3)14-30-2)13-20(18)33-22(19)26-21(28)8-7-16-6-4-5-10-25-16/h4-6,10,17H,1,7-9,11-15H2,2-3H3,(H,26,28). The van der Waals surface area contributed by atoms with Gasteiger partial charge in [-0.1, -0.05) is 6.07 Å². The number of aromatic nitrogens is 1. The van der Waals surface area contributed by atoms with Gasteiger partial charge in [-0.15, -0.1) is 11.3 Å². The van der Waals surface area contributed by atoms with Crippen molar-refractivity contribution in [3.8, 4) is 0 Å². The fourth-order valence-corrected chi connectivity index (χ4v) is 4.90. The molecule has 10 heteroatoms. The van der Waals surface area contributed by atoms with Gasteiger partial charge in [0.15, 0.2) is 0 Å². The first-order valence-corrected chi connectivity index (χ1v) is 11.6. The third-order valence-corrected chi connectivity index (χ3v) is 6.53. The largest absolute Gasteiger partial charge is 0.447 e. The van der Waals surface area contributed by atoms with Crippen molar-refractivity contribution in [1.29, 1.82) is 0 Å². The van der Waals surface area contributed by atoms with E-state index in [-0.39, 0.29) is 18.6 Å². The Morgan fingerprint density at radius 2 is 2.18 bits per heavy atom. The summed E-state index contributed by atoms with van der Waals surface area (Å²) in [5.41, 5.74) is 2.98. The normalized spacial score (nSPS) is 13.8. The number of carbonyl (C=O) groups is 2. The summed E-state index contributed by atoms with van der Waals surface area (Å²) in [6.45, 7) is 5.46. The Labute approximate surface area is 197 Å². The smallest absolute Gasteiger partial charge is 0.410 e. The second-order valence-electron chi connectivity index (χ2n) is 7.62. The van der Waals surface area contributed by atoms with Crippen LogP contribution < -0.4 is 5.32 Å². The van der Waals surface area contributed by atoms with Crippen molar-refractivity contribution < 1.29 is 23.8 Å². The minimum Gasteiger partial charge on any atom is -0.447 e. The number of aryl methyl sites for hydroxylation is 1. The highest BCUT2D eigenvalue weighted by Crippen LogP contribution is 2.38. The Morgan fingerprint density at radius 1 is 1.33 bits per heavy atom. The maximum atomic E-state index is 12.6. The second-order valence-corrected chi connectivity index (χ2v) is 8.73. The van der Waals surface area contributed by atoms with Crippen LogP contribution in [0, 0.1) is 0 Å². The zero-order valence-electron chi connectivity index (χ0n) is 19.0. The third-order valence-electron chi connectivity index (χ3n) is 5.36. The molecule has 3 heterocycles. The molecule has 1 atom stereocenters. The molecule has 1 N–H and O–H groups in total. The van der Waals surface area contributed by atoms with Crippen LogP contribution >= 0.6 is 11.3 Å². The van der Waals surface area contributed by atoms with Gasteiger partial charge in [-0.05, 0) is 37.3 Å². The molecule has 0 radical (unpaired) electrons. The molecule has 0 bridgehead atoms. The van der Waals surface area contributed by atoms with Gasteiger partial charge in [0.2, 0.25) is 5.91 Å². The molecule has 0 saturated heterocycles. The number of fused-ring (bicyclic) bond motifs is 1. The Kier molecular flexibility index (Phi) is 9.35. The molecule has 1 aliphatic heterocycles. The van der Waals surface area contributed by atoms with Crippen molar-refractivity contribution in [2.75, 3.05) is 39.3 Å². The minimum absolute atomic E-state index is 0.0791. The number of amides is 2. The van der Waals surface area contributed by atoms with E-state index in [2.05, 4.69) is 22.0 Å². The van der Waals surface area contributed by atoms with E-state index in [0.717, 1.165) is 26.7 Å². The fraction of sp³-hybridized carbons (Fsp3) is 0.478. The van der Waals surface area contributed by atoms with Crippen molar-refractivity contribution in [2.24, 2.45) is 4.99 Å². The molecule has 33 heavy (non-hydrogen) atoms. The predicted molar refractivity (Wildman–Crippen MR) is 127 cm³/mol. The number of aliphatic imine (C=N–C) groups is 1. The summed E-state index contributed by atoms with van der Waals surface area (Å²) in [6.07, 6.45) is 2.59. The van der Waals surface area contributed by atoms with E-state index in [0.29, 0.717) is 45.5 Å². The summed E-state index contributed by atoms with van der Waals surface area (Å²) in [5.74, 6) is -0.0791. The van der Waals surface area contributed by atoms with Gasteiger partial charge in [-0.3, -0.25) is 14.8 Å².